The molecule has 1 aliphatic rings. The zero-order valence-electron chi connectivity index (χ0n) is 8.99. The van der Waals surface area contributed by atoms with E-state index in [1.807, 2.05) is 0 Å². The van der Waals surface area contributed by atoms with Crippen molar-refractivity contribution < 1.29 is 8.42 Å². The van der Waals surface area contributed by atoms with E-state index in [1.165, 1.54) is 10.4 Å². The molecule has 7 heteroatoms. The molecule has 1 aromatic carbocycles. The van der Waals surface area contributed by atoms with Gasteiger partial charge in [0.15, 0.2) is 0 Å². The van der Waals surface area contributed by atoms with E-state index in [0.717, 1.165) is 0 Å². The average molecular weight is 340 g/mol. The molecule has 4 nitrogen and oxygen atoms in total. The first-order chi connectivity index (χ1) is 8.01. The third-order valence-electron chi connectivity index (χ3n) is 2.60. The van der Waals surface area contributed by atoms with Gasteiger partial charge in [-0.1, -0.05) is 11.6 Å². The molecule has 1 heterocycles. The van der Waals surface area contributed by atoms with Gasteiger partial charge in [0.2, 0.25) is 10.0 Å². The van der Waals surface area contributed by atoms with E-state index in [-0.39, 0.29) is 4.90 Å². The van der Waals surface area contributed by atoms with E-state index in [4.69, 9.17) is 11.6 Å². The molecule has 1 aromatic rings. The van der Waals surface area contributed by atoms with Crippen LogP contribution in [0.5, 0.6) is 0 Å². The lowest BCUT2D eigenvalue weighted by Gasteiger charge is -2.26. The highest BCUT2D eigenvalue weighted by Gasteiger charge is 2.26. The Hall–Kier alpha value is -0.140. The number of rotatable bonds is 2. The van der Waals surface area contributed by atoms with Crippen molar-refractivity contribution in [1.82, 2.24) is 9.62 Å². The van der Waals surface area contributed by atoms with Gasteiger partial charge in [0.05, 0.1) is 9.92 Å². The van der Waals surface area contributed by atoms with Crippen LogP contribution in [0.1, 0.15) is 0 Å². The number of piperazine rings is 1. The summed E-state index contributed by atoms with van der Waals surface area (Å²) in [5.74, 6) is 0. The Balaban J connectivity index is 2.33. The molecular formula is C10H12BrClN2O2S. The maximum Gasteiger partial charge on any atom is 0.243 e. The topological polar surface area (TPSA) is 49.4 Å². The molecule has 1 fully saturated rings. The summed E-state index contributed by atoms with van der Waals surface area (Å²) in [6, 6.07) is 4.69. The fourth-order valence-corrected chi connectivity index (χ4v) is 3.63. The summed E-state index contributed by atoms with van der Waals surface area (Å²) in [5.41, 5.74) is 0. The van der Waals surface area contributed by atoms with Crippen LogP contribution in [-0.4, -0.2) is 38.9 Å². The Morgan fingerprint density at radius 1 is 1.29 bits per heavy atom. The van der Waals surface area contributed by atoms with Crippen molar-refractivity contribution in [3.05, 3.63) is 27.7 Å². The number of halogens is 2. The molecule has 2 rings (SSSR count). The molecule has 0 amide bonds. The first-order valence-electron chi connectivity index (χ1n) is 5.18. The third kappa shape index (κ3) is 2.82. The van der Waals surface area contributed by atoms with E-state index in [9.17, 15) is 8.42 Å². The number of hydrogen-bond acceptors (Lipinski definition) is 3. The first-order valence-corrected chi connectivity index (χ1v) is 7.79. The molecule has 0 unspecified atom stereocenters. The van der Waals surface area contributed by atoms with Gasteiger partial charge < -0.3 is 5.32 Å². The highest BCUT2D eigenvalue weighted by Crippen LogP contribution is 2.26. The molecule has 0 aromatic heterocycles. The minimum absolute atomic E-state index is 0.243. The number of hydrogen-bond donors (Lipinski definition) is 1. The zero-order chi connectivity index (χ0) is 12.5. The van der Waals surface area contributed by atoms with Crippen molar-refractivity contribution in [2.45, 2.75) is 4.90 Å². The summed E-state index contributed by atoms with van der Waals surface area (Å²) in [6.45, 7) is 2.36. The molecule has 1 saturated heterocycles. The fourth-order valence-electron chi connectivity index (χ4n) is 1.67. The van der Waals surface area contributed by atoms with Crippen LogP contribution in [0.3, 0.4) is 0 Å². The standard InChI is InChI=1S/C10H12BrClN2O2S/c11-9-2-1-8(7-10(9)12)17(15,16)14-5-3-13-4-6-14/h1-2,7,13H,3-6H2. The molecule has 0 saturated carbocycles. The van der Waals surface area contributed by atoms with Crippen molar-refractivity contribution in [2.24, 2.45) is 0 Å². The molecule has 17 heavy (non-hydrogen) atoms. The minimum atomic E-state index is -3.41. The van der Waals surface area contributed by atoms with Crippen LogP contribution in [0.15, 0.2) is 27.6 Å². The van der Waals surface area contributed by atoms with E-state index < -0.39 is 10.0 Å². The Morgan fingerprint density at radius 3 is 2.53 bits per heavy atom. The molecule has 0 bridgehead atoms. The van der Waals surface area contributed by atoms with Gasteiger partial charge >= 0.3 is 0 Å². The van der Waals surface area contributed by atoms with Gasteiger partial charge in [-0.2, -0.15) is 4.31 Å². The predicted octanol–water partition coefficient (Wildman–Crippen LogP) is 1.70. The van der Waals surface area contributed by atoms with Crippen molar-refractivity contribution in [1.29, 1.82) is 0 Å². The number of benzene rings is 1. The molecular weight excluding hydrogens is 328 g/mol. The van der Waals surface area contributed by atoms with Gasteiger partial charge in [0.1, 0.15) is 0 Å². The monoisotopic (exact) mass is 338 g/mol. The molecule has 1 aliphatic heterocycles. The second-order valence-corrected chi connectivity index (χ2v) is 6.93. The SMILES string of the molecule is O=S(=O)(c1ccc(Br)c(Cl)c1)N1CCNCC1. The van der Waals surface area contributed by atoms with Gasteiger partial charge in [-0.15, -0.1) is 0 Å². The van der Waals surface area contributed by atoms with Crippen molar-refractivity contribution in [2.75, 3.05) is 26.2 Å². The second-order valence-electron chi connectivity index (χ2n) is 3.73. The molecule has 0 spiro atoms. The van der Waals surface area contributed by atoms with Gasteiger partial charge in [0.25, 0.3) is 0 Å². The van der Waals surface area contributed by atoms with E-state index in [0.29, 0.717) is 35.7 Å². The summed E-state index contributed by atoms with van der Waals surface area (Å²) >= 11 is 9.16. The molecule has 0 atom stereocenters. The van der Waals surface area contributed by atoms with Crippen LogP contribution in [-0.2, 0) is 10.0 Å². The normalized spacial score (nSPS) is 18.2. The number of nitrogens with one attached hydrogen (secondary N) is 1. The molecule has 0 aliphatic carbocycles. The van der Waals surface area contributed by atoms with Crippen molar-refractivity contribution in [3.63, 3.8) is 0 Å². The lowest BCUT2D eigenvalue weighted by Crippen LogP contribution is -2.46. The van der Waals surface area contributed by atoms with Crippen LogP contribution in [0, 0.1) is 0 Å². The summed E-state index contributed by atoms with van der Waals surface area (Å²) in [5, 5.41) is 3.52. The lowest BCUT2D eigenvalue weighted by molar-refractivity contribution is 0.360. The smallest absolute Gasteiger partial charge is 0.243 e. The van der Waals surface area contributed by atoms with Gasteiger partial charge in [-0.05, 0) is 34.1 Å². The summed E-state index contributed by atoms with van der Waals surface area (Å²) in [7, 11) is -3.41. The van der Waals surface area contributed by atoms with Crippen LogP contribution >= 0.6 is 27.5 Å². The molecule has 94 valence electrons. The van der Waals surface area contributed by atoms with E-state index >= 15 is 0 Å². The molecule has 1 N–H and O–H groups in total. The maximum atomic E-state index is 12.3. The van der Waals surface area contributed by atoms with Gasteiger partial charge in [0, 0.05) is 30.7 Å². The summed E-state index contributed by atoms with van der Waals surface area (Å²) in [4.78, 5) is 0.243. The van der Waals surface area contributed by atoms with Gasteiger partial charge in [-0.3, -0.25) is 0 Å². The van der Waals surface area contributed by atoms with Crippen molar-refractivity contribution >= 4 is 37.6 Å². The second kappa shape index (κ2) is 5.24. The van der Waals surface area contributed by atoms with E-state index in [2.05, 4.69) is 21.2 Å². The van der Waals surface area contributed by atoms with E-state index in [1.54, 1.807) is 12.1 Å². The van der Waals surface area contributed by atoms with Gasteiger partial charge in [-0.25, -0.2) is 8.42 Å². The zero-order valence-corrected chi connectivity index (χ0v) is 12.1. The van der Waals surface area contributed by atoms with Crippen LogP contribution in [0.4, 0.5) is 0 Å². The number of sulfonamides is 1. The molecule has 0 radical (unpaired) electrons. The fraction of sp³-hybridized carbons (Fsp3) is 0.400. The van der Waals surface area contributed by atoms with Crippen LogP contribution in [0.2, 0.25) is 5.02 Å². The highest BCUT2D eigenvalue weighted by molar-refractivity contribution is 9.10. The summed E-state index contributed by atoms with van der Waals surface area (Å²) in [6.07, 6.45) is 0. The quantitative estimate of drug-likeness (QED) is 0.892. The largest absolute Gasteiger partial charge is 0.314 e. The third-order valence-corrected chi connectivity index (χ3v) is 5.73. The van der Waals surface area contributed by atoms with Crippen molar-refractivity contribution in [3.8, 4) is 0 Å². The minimum Gasteiger partial charge on any atom is -0.314 e. The van der Waals surface area contributed by atoms with Crippen LogP contribution in [0.25, 0.3) is 0 Å². The average Bonchev–Trinajstić information content (AvgIpc) is 2.33. The predicted molar refractivity (Wildman–Crippen MR) is 70.8 cm³/mol. The summed E-state index contributed by atoms with van der Waals surface area (Å²) < 4.78 is 26.7. The first kappa shape index (κ1) is 13.3. The Morgan fingerprint density at radius 2 is 1.94 bits per heavy atom. The highest BCUT2D eigenvalue weighted by atomic mass is 79.9. The Labute approximate surface area is 114 Å². The lowest BCUT2D eigenvalue weighted by atomic mass is 10.4. The number of nitrogens with zero attached hydrogens (tertiary/aromatic N) is 1. The maximum absolute atomic E-state index is 12.3. The Kier molecular flexibility index (Phi) is 4.10. The van der Waals surface area contributed by atoms with Crippen LogP contribution < -0.4 is 5.32 Å². The Bertz CT molecular complexity index is 515.